The second-order valence-electron chi connectivity index (χ2n) is 4.81. The van der Waals surface area contributed by atoms with Crippen molar-refractivity contribution in [2.24, 2.45) is 0 Å². The van der Waals surface area contributed by atoms with Gasteiger partial charge in [0.25, 0.3) is 0 Å². The summed E-state index contributed by atoms with van der Waals surface area (Å²) in [5.41, 5.74) is -0.437. The number of carbonyl (C=O) groups excluding carboxylic acids is 1. The zero-order valence-electron chi connectivity index (χ0n) is 10.5. The van der Waals surface area contributed by atoms with Crippen molar-refractivity contribution in [3.8, 4) is 0 Å². The molecule has 98 valence electrons. The van der Waals surface area contributed by atoms with E-state index in [0.29, 0.717) is 0 Å². The molecule has 0 amide bonds. The maximum absolute atomic E-state index is 11.9. The molecule has 0 spiro atoms. The van der Waals surface area contributed by atoms with Crippen LogP contribution in [0, 0.1) is 0 Å². The average Bonchev–Trinajstić information content (AvgIpc) is 2.87. The van der Waals surface area contributed by atoms with Gasteiger partial charge in [-0.25, -0.2) is 0 Å². The fourth-order valence-corrected chi connectivity index (χ4v) is 2.67. The molecule has 2 heterocycles. The molecule has 17 heavy (non-hydrogen) atoms. The summed E-state index contributed by atoms with van der Waals surface area (Å²) in [5.74, 6) is -0.108. The molecule has 5 nitrogen and oxygen atoms in total. The minimum absolute atomic E-state index is 0.108. The third-order valence-electron chi connectivity index (χ3n) is 3.78. The van der Waals surface area contributed by atoms with E-state index >= 15 is 0 Å². The maximum Gasteiger partial charge on any atom is 0.326 e. The Balaban J connectivity index is 1.87. The van der Waals surface area contributed by atoms with E-state index in [1.165, 1.54) is 7.11 Å². The van der Waals surface area contributed by atoms with Crippen molar-refractivity contribution in [2.75, 3.05) is 46.5 Å². The number of nitrogens with zero attached hydrogens (tertiary/aromatic N) is 1. The van der Waals surface area contributed by atoms with Crippen molar-refractivity contribution in [2.45, 2.75) is 24.8 Å². The normalized spacial score (nSPS) is 30.4. The van der Waals surface area contributed by atoms with Crippen LogP contribution in [0.4, 0.5) is 0 Å². The van der Waals surface area contributed by atoms with Crippen LogP contribution < -0.4 is 5.32 Å². The van der Waals surface area contributed by atoms with Crippen LogP contribution in [0.3, 0.4) is 0 Å². The Morgan fingerprint density at radius 1 is 1.47 bits per heavy atom. The SMILES string of the molecule is COC(=O)C1(CCN2CCOCC2)CCCN1. The van der Waals surface area contributed by atoms with Crippen LogP contribution in [-0.4, -0.2) is 62.9 Å². The molecule has 2 aliphatic heterocycles. The van der Waals surface area contributed by atoms with E-state index < -0.39 is 5.54 Å². The first-order chi connectivity index (χ1) is 8.27. The lowest BCUT2D eigenvalue weighted by Gasteiger charge is -2.32. The molecule has 0 saturated carbocycles. The molecule has 0 radical (unpaired) electrons. The third-order valence-corrected chi connectivity index (χ3v) is 3.78. The van der Waals surface area contributed by atoms with Gasteiger partial charge in [-0.15, -0.1) is 0 Å². The maximum atomic E-state index is 11.9. The lowest BCUT2D eigenvalue weighted by atomic mass is 9.93. The summed E-state index contributed by atoms with van der Waals surface area (Å²) in [6.45, 7) is 5.40. The van der Waals surface area contributed by atoms with E-state index in [9.17, 15) is 4.79 Å². The van der Waals surface area contributed by atoms with Gasteiger partial charge in [0.2, 0.25) is 0 Å². The first-order valence-corrected chi connectivity index (χ1v) is 6.40. The minimum Gasteiger partial charge on any atom is -0.468 e. The van der Waals surface area contributed by atoms with Gasteiger partial charge in [-0.3, -0.25) is 9.69 Å². The number of ether oxygens (including phenoxy) is 2. The topological polar surface area (TPSA) is 50.8 Å². The van der Waals surface area contributed by atoms with Crippen molar-refractivity contribution >= 4 is 5.97 Å². The van der Waals surface area contributed by atoms with Gasteiger partial charge in [0.15, 0.2) is 0 Å². The Hall–Kier alpha value is -0.650. The standard InChI is InChI=1S/C12H22N2O3/c1-16-11(15)12(3-2-5-13-12)4-6-14-7-9-17-10-8-14/h13H,2-10H2,1H3. The second-order valence-corrected chi connectivity index (χ2v) is 4.81. The van der Waals surface area contributed by atoms with Crippen molar-refractivity contribution in [1.82, 2.24) is 10.2 Å². The van der Waals surface area contributed by atoms with Crippen LogP contribution in [0.2, 0.25) is 0 Å². The monoisotopic (exact) mass is 242 g/mol. The average molecular weight is 242 g/mol. The van der Waals surface area contributed by atoms with Crippen molar-refractivity contribution < 1.29 is 14.3 Å². The molecule has 2 aliphatic rings. The highest BCUT2D eigenvalue weighted by atomic mass is 16.5. The van der Waals surface area contributed by atoms with Crippen molar-refractivity contribution in [3.05, 3.63) is 0 Å². The Morgan fingerprint density at radius 2 is 2.24 bits per heavy atom. The van der Waals surface area contributed by atoms with Crippen LogP contribution in [0.15, 0.2) is 0 Å². The molecule has 0 aromatic carbocycles. The van der Waals surface area contributed by atoms with Crippen LogP contribution in [0.5, 0.6) is 0 Å². The third kappa shape index (κ3) is 2.97. The van der Waals surface area contributed by atoms with E-state index in [1.54, 1.807) is 0 Å². The molecule has 2 fully saturated rings. The Bertz CT molecular complexity index is 258. The predicted molar refractivity (Wildman–Crippen MR) is 63.9 cm³/mol. The molecular weight excluding hydrogens is 220 g/mol. The van der Waals surface area contributed by atoms with Gasteiger partial charge >= 0.3 is 5.97 Å². The summed E-state index contributed by atoms with van der Waals surface area (Å²) in [4.78, 5) is 14.2. The predicted octanol–water partition coefficient (Wildman–Crippen LogP) is 0.00390. The van der Waals surface area contributed by atoms with E-state index in [1.807, 2.05) is 0 Å². The fraction of sp³-hybridized carbons (Fsp3) is 0.917. The summed E-state index contributed by atoms with van der Waals surface area (Å²) in [7, 11) is 1.47. The molecule has 1 unspecified atom stereocenters. The van der Waals surface area contributed by atoms with Crippen LogP contribution in [-0.2, 0) is 14.3 Å². The molecule has 1 atom stereocenters. The lowest BCUT2D eigenvalue weighted by molar-refractivity contribution is -0.148. The van der Waals surface area contributed by atoms with Crippen molar-refractivity contribution in [3.63, 3.8) is 0 Å². The first-order valence-electron chi connectivity index (χ1n) is 6.40. The van der Waals surface area contributed by atoms with Gasteiger partial charge in [-0.2, -0.15) is 0 Å². The Labute approximate surface area is 102 Å². The molecule has 0 aliphatic carbocycles. The summed E-state index contributed by atoms with van der Waals surface area (Å²) in [6.07, 6.45) is 2.78. The number of nitrogens with one attached hydrogen (secondary N) is 1. The summed E-state index contributed by atoms with van der Waals surface area (Å²) >= 11 is 0. The smallest absolute Gasteiger partial charge is 0.326 e. The lowest BCUT2D eigenvalue weighted by Crippen LogP contribution is -2.51. The summed E-state index contributed by atoms with van der Waals surface area (Å²) < 4.78 is 10.2. The zero-order chi connectivity index (χ0) is 12.1. The molecular formula is C12H22N2O3. The number of rotatable bonds is 4. The molecule has 5 heteroatoms. The number of hydrogen-bond donors (Lipinski definition) is 1. The Kier molecular flexibility index (Phi) is 4.36. The summed E-state index contributed by atoms with van der Waals surface area (Å²) in [5, 5.41) is 3.33. The second kappa shape index (κ2) is 5.80. The molecule has 0 aromatic rings. The van der Waals surface area contributed by atoms with Gasteiger partial charge < -0.3 is 14.8 Å². The van der Waals surface area contributed by atoms with Crippen LogP contribution >= 0.6 is 0 Å². The Morgan fingerprint density at radius 3 is 2.82 bits per heavy atom. The number of morpholine rings is 1. The minimum atomic E-state index is -0.437. The van der Waals surface area contributed by atoms with Crippen LogP contribution in [0.1, 0.15) is 19.3 Å². The highest BCUT2D eigenvalue weighted by molar-refractivity contribution is 5.81. The number of hydrogen-bond acceptors (Lipinski definition) is 5. The number of carbonyl (C=O) groups is 1. The molecule has 0 bridgehead atoms. The largest absolute Gasteiger partial charge is 0.468 e. The molecule has 0 aromatic heterocycles. The van der Waals surface area contributed by atoms with Gasteiger partial charge in [-0.1, -0.05) is 0 Å². The van der Waals surface area contributed by atoms with Gasteiger partial charge in [0, 0.05) is 19.6 Å². The molecule has 1 N–H and O–H groups in total. The van der Waals surface area contributed by atoms with Crippen molar-refractivity contribution in [1.29, 1.82) is 0 Å². The van der Waals surface area contributed by atoms with E-state index in [-0.39, 0.29) is 5.97 Å². The van der Waals surface area contributed by atoms with E-state index in [0.717, 1.165) is 58.7 Å². The van der Waals surface area contributed by atoms with Gasteiger partial charge in [0.1, 0.15) is 5.54 Å². The quantitative estimate of drug-likeness (QED) is 0.704. The van der Waals surface area contributed by atoms with Gasteiger partial charge in [-0.05, 0) is 25.8 Å². The van der Waals surface area contributed by atoms with E-state index in [4.69, 9.17) is 9.47 Å². The molecule has 2 saturated heterocycles. The highest BCUT2D eigenvalue weighted by Gasteiger charge is 2.41. The fourth-order valence-electron chi connectivity index (χ4n) is 2.67. The number of methoxy groups -OCH3 is 1. The zero-order valence-corrected chi connectivity index (χ0v) is 10.5. The highest BCUT2D eigenvalue weighted by Crippen LogP contribution is 2.25. The summed E-state index contributed by atoms with van der Waals surface area (Å²) in [6, 6.07) is 0. The molecule has 2 rings (SSSR count). The van der Waals surface area contributed by atoms with E-state index in [2.05, 4.69) is 10.2 Å². The van der Waals surface area contributed by atoms with Crippen LogP contribution in [0.25, 0.3) is 0 Å². The number of esters is 1. The van der Waals surface area contributed by atoms with Gasteiger partial charge in [0.05, 0.1) is 20.3 Å². The first kappa shape index (κ1) is 12.8.